The van der Waals surface area contributed by atoms with Crippen LogP contribution in [0.1, 0.15) is 12.5 Å². The molecule has 1 radical (unpaired) electrons. The summed E-state index contributed by atoms with van der Waals surface area (Å²) < 4.78 is 0. The molecular weight excluding hydrogens is 160 g/mol. The normalized spacial score (nSPS) is 11.5. The number of benzene rings is 1. The van der Waals surface area contributed by atoms with Gasteiger partial charge in [0.1, 0.15) is 0 Å². The summed E-state index contributed by atoms with van der Waals surface area (Å²) in [5, 5.41) is 0. The first-order valence-electron chi connectivity index (χ1n) is 4.36. The van der Waals surface area contributed by atoms with Crippen molar-refractivity contribution in [3.8, 4) is 0 Å². The van der Waals surface area contributed by atoms with Gasteiger partial charge in [0.25, 0.3) is 0 Å². The van der Waals surface area contributed by atoms with Crippen LogP contribution < -0.4 is 0 Å². The van der Waals surface area contributed by atoms with E-state index in [1.54, 1.807) is 0 Å². The first-order chi connectivity index (χ1) is 6.42. The molecule has 0 saturated heterocycles. The third-order valence-electron chi connectivity index (χ3n) is 2.05. The van der Waals surface area contributed by atoms with Crippen LogP contribution in [0.15, 0.2) is 30.4 Å². The highest BCUT2D eigenvalue weighted by Gasteiger charge is 2.00. The number of fused-ring (bicyclic) bond motifs is 1. The maximum atomic E-state index is 4.16. The molecule has 1 aromatic heterocycles. The number of aromatic nitrogens is 2. The predicted octanol–water partition coefficient (Wildman–Crippen LogP) is 2.48. The quantitative estimate of drug-likeness (QED) is 0.691. The van der Waals surface area contributed by atoms with Crippen molar-refractivity contribution in [2.24, 2.45) is 0 Å². The number of imidazole rings is 1. The van der Waals surface area contributed by atoms with E-state index in [9.17, 15) is 0 Å². The smallest absolute Gasteiger partial charge is 0.174 e. The number of allylic oxidation sites excluding steroid dienone is 2. The Morgan fingerprint density at radius 1 is 1.54 bits per heavy atom. The van der Waals surface area contributed by atoms with Crippen molar-refractivity contribution < 1.29 is 0 Å². The zero-order valence-electron chi connectivity index (χ0n) is 7.54. The first-order valence-corrected chi connectivity index (χ1v) is 4.36. The van der Waals surface area contributed by atoms with Gasteiger partial charge in [0.2, 0.25) is 0 Å². The van der Waals surface area contributed by atoms with Crippen LogP contribution in [0.4, 0.5) is 0 Å². The summed E-state index contributed by atoms with van der Waals surface area (Å²) in [4.78, 5) is 7.13. The minimum absolute atomic E-state index is 0.937. The third kappa shape index (κ3) is 1.47. The Bertz CT molecular complexity index is 426. The largest absolute Gasteiger partial charge is 0.335 e. The van der Waals surface area contributed by atoms with E-state index >= 15 is 0 Å². The van der Waals surface area contributed by atoms with Crippen LogP contribution in [-0.4, -0.2) is 9.97 Å². The number of rotatable bonds is 2. The molecular formula is C11H11N2. The second-order valence-corrected chi connectivity index (χ2v) is 2.94. The SMILES string of the molecule is CC=CCc1cccc2[nH][c]nc12. The second kappa shape index (κ2) is 3.44. The van der Waals surface area contributed by atoms with E-state index in [1.807, 2.05) is 19.1 Å². The Morgan fingerprint density at radius 2 is 2.46 bits per heavy atom. The van der Waals surface area contributed by atoms with Crippen molar-refractivity contribution in [2.45, 2.75) is 13.3 Å². The summed E-state index contributed by atoms with van der Waals surface area (Å²) in [5.41, 5.74) is 3.33. The van der Waals surface area contributed by atoms with E-state index in [0.29, 0.717) is 0 Å². The fourth-order valence-electron chi connectivity index (χ4n) is 1.38. The molecule has 1 heterocycles. The Kier molecular flexibility index (Phi) is 2.13. The Hall–Kier alpha value is -1.57. The van der Waals surface area contributed by atoms with Gasteiger partial charge in [-0.15, -0.1) is 0 Å². The zero-order chi connectivity index (χ0) is 9.10. The van der Waals surface area contributed by atoms with E-state index in [4.69, 9.17) is 0 Å². The molecule has 0 aliphatic rings. The molecule has 0 amide bonds. The average molecular weight is 171 g/mol. The first kappa shape index (κ1) is 8.05. The monoisotopic (exact) mass is 171 g/mol. The predicted molar refractivity (Wildman–Crippen MR) is 53.4 cm³/mol. The molecule has 2 heteroatoms. The number of nitrogens with zero attached hydrogens (tertiary/aromatic N) is 1. The number of hydrogen-bond donors (Lipinski definition) is 1. The number of H-pyrrole nitrogens is 1. The van der Waals surface area contributed by atoms with E-state index in [-0.39, 0.29) is 0 Å². The lowest BCUT2D eigenvalue weighted by atomic mass is 10.1. The Balaban J connectivity index is 2.48. The molecule has 13 heavy (non-hydrogen) atoms. The van der Waals surface area contributed by atoms with Gasteiger partial charge in [0.15, 0.2) is 6.33 Å². The van der Waals surface area contributed by atoms with E-state index in [2.05, 4.69) is 34.5 Å². The lowest BCUT2D eigenvalue weighted by Crippen LogP contribution is -1.82. The molecule has 1 aromatic carbocycles. The molecule has 0 bridgehead atoms. The standard InChI is InChI=1S/C11H11N2/c1-2-3-5-9-6-4-7-10-11(9)13-8-12-10/h2-4,6-7H,5H2,1H3,(H,12,13). The van der Waals surface area contributed by atoms with Gasteiger partial charge in [0, 0.05) is 0 Å². The number of para-hydroxylation sites is 1. The minimum Gasteiger partial charge on any atom is -0.335 e. The molecule has 65 valence electrons. The van der Waals surface area contributed by atoms with Gasteiger partial charge in [-0.1, -0.05) is 24.3 Å². The summed E-state index contributed by atoms with van der Waals surface area (Å²) in [5.74, 6) is 0. The van der Waals surface area contributed by atoms with Crippen LogP contribution in [0, 0.1) is 6.33 Å². The van der Waals surface area contributed by atoms with Crippen LogP contribution in [0.25, 0.3) is 11.0 Å². The molecule has 0 saturated carbocycles. The molecule has 0 aliphatic carbocycles. The molecule has 2 rings (SSSR count). The van der Waals surface area contributed by atoms with Gasteiger partial charge in [0.05, 0.1) is 11.0 Å². The van der Waals surface area contributed by atoms with Crippen LogP contribution in [-0.2, 0) is 6.42 Å². The maximum absolute atomic E-state index is 4.16. The fraction of sp³-hybridized carbons (Fsp3) is 0.182. The lowest BCUT2D eigenvalue weighted by molar-refractivity contribution is 1.26. The van der Waals surface area contributed by atoms with Crippen LogP contribution in [0.2, 0.25) is 0 Å². The van der Waals surface area contributed by atoms with Gasteiger partial charge in [-0.05, 0) is 25.0 Å². The molecule has 1 N–H and O–H groups in total. The number of nitrogens with one attached hydrogen (secondary N) is 1. The van der Waals surface area contributed by atoms with Crippen molar-refractivity contribution in [2.75, 3.05) is 0 Å². The highest BCUT2D eigenvalue weighted by Crippen LogP contribution is 2.14. The van der Waals surface area contributed by atoms with Gasteiger partial charge in [-0.3, -0.25) is 0 Å². The fourth-order valence-corrected chi connectivity index (χ4v) is 1.38. The highest BCUT2D eigenvalue weighted by atomic mass is 14.9. The highest BCUT2D eigenvalue weighted by molar-refractivity contribution is 5.78. The Labute approximate surface area is 77.3 Å². The second-order valence-electron chi connectivity index (χ2n) is 2.94. The van der Waals surface area contributed by atoms with Gasteiger partial charge in [-0.25, -0.2) is 4.98 Å². The average Bonchev–Trinajstić information content (AvgIpc) is 2.62. The van der Waals surface area contributed by atoms with E-state index < -0.39 is 0 Å². The molecule has 0 fully saturated rings. The van der Waals surface area contributed by atoms with Crippen molar-refractivity contribution in [3.63, 3.8) is 0 Å². The molecule has 2 aromatic rings. The lowest BCUT2D eigenvalue weighted by Gasteiger charge is -1.96. The van der Waals surface area contributed by atoms with Gasteiger partial charge < -0.3 is 4.98 Å². The molecule has 0 unspecified atom stereocenters. The maximum Gasteiger partial charge on any atom is 0.174 e. The summed E-state index contributed by atoms with van der Waals surface area (Å²) >= 11 is 0. The van der Waals surface area contributed by atoms with Crippen LogP contribution >= 0.6 is 0 Å². The molecule has 0 atom stereocenters. The van der Waals surface area contributed by atoms with Crippen molar-refractivity contribution in [1.29, 1.82) is 0 Å². The van der Waals surface area contributed by atoms with Gasteiger partial charge >= 0.3 is 0 Å². The van der Waals surface area contributed by atoms with Crippen molar-refractivity contribution in [3.05, 3.63) is 42.2 Å². The number of aromatic amines is 1. The van der Waals surface area contributed by atoms with Crippen LogP contribution in [0.3, 0.4) is 0 Å². The Morgan fingerprint density at radius 3 is 3.31 bits per heavy atom. The van der Waals surface area contributed by atoms with Crippen molar-refractivity contribution >= 4 is 11.0 Å². The van der Waals surface area contributed by atoms with E-state index in [1.165, 1.54) is 5.56 Å². The molecule has 0 aliphatic heterocycles. The van der Waals surface area contributed by atoms with Crippen LogP contribution in [0.5, 0.6) is 0 Å². The van der Waals surface area contributed by atoms with Gasteiger partial charge in [-0.2, -0.15) is 0 Å². The number of hydrogen-bond acceptors (Lipinski definition) is 1. The van der Waals surface area contributed by atoms with E-state index in [0.717, 1.165) is 17.5 Å². The zero-order valence-corrected chi connectivity index (χ0v) is 7.54. The summed E-state index contributed by atoms with van der Waals surface area (Å²) in [6.07, 6.45) is 7.87. The molecule has 0 spiro atoms. The summed E-state index contributed by atoms with van der Waals surface area (Å²) in [6, 6.07) is 6.14. The summed E-state index contributed by atoms with van der Waals surface area (Å²) in [7, 11) is 0. The third-order valence-corrected chi connectivity index (χ3v) is 2.05. The molecule has 2 nitrogen and oxygen atoms in total. The topological polar surface area (TPSA) is 28.7 Å². The minimum atomic E-state index is 0.937. The van der Waals surface area contributed by atoms with Crippen molar-refractivity contribution in [1.82, 2.24) is 9.97 Å². The summed E-state index contributed by atoms with van der Waals surface area (Å²) in [6.45, 7) is 2.02.